The Morgan fingerprint density at radius 2 is 2.00 bits per heavy atom. The number of para-hydroxylation sites is 1. The second-order valence-electron chi connectivity index (χ2n) is 4.43. The smallest absolute Gasteiger partial charge is 0.197 e. The molecule has 0 aliphatic heterocycles. The van der Waals surface area contributed by atoms with Gasteiger partial charge in [-0.3, -0.25) is 4.79 Å². The molecule has 1 aromatic heterocycles. The average Bonchev–Trinajstić information content (AvgIpc) is 2.86. The topological polar surface area (TPSA) is 58.9 Å². The van der Waals surface area contributed by atoms with E-state index in [4.69, 9.17) is 17.3 Å². The van der Waals surface area contributed by atoms with E-state index in [1.807, 2.05) is 0 Å². The Morgan fingerprint density at radius 1 is 1.20 bits per heavy atom. The molecule has 20 heavy (non-hydrogen) atoms. The Hall–Kier alpha value is -2.33. The van der Waals surface area contributed by atoms with Crippen LogP contribution in [0.2, 0.25) is 5.02 Å². The van der Waals surface area contributed by atoms with Crippen LogP contribution >= 0.6 is 11.6 Å². The molecule has 2 aromatic carbocycles. The highest BCUT2D eigenvalue weighted by molar-refractivity contribution is 6.36. The molecule has 3 N–H and O–H groups in total. The van der Waals surface area contributed by atoms with E-state index in [-0.39, 0.29) is 17.0 Å². The normalized spacial score (nSPS) is 10.9. The van der Waals surface area contributed by atoms with Crippen LogP contribution in [-0.2, 0) is 0 Å². The van der Waals surface area contributed by atoms with Crippen molar-refractivity contribution >= 4 is 34.0 Å². The number of anilines is 1. The van der Waals surface area contributed by atoms with Crippen LogP contribution in [-0.4, -0.2) is 10.8 Å². The number of aromatic amines is 1. The lowest BCUT2D eigenvalue weighted by molar-refractivity contribution is 0.104. The largest absolute Gasteiger partial charge is 0.398 e. The molecule has 0 atom stereocenters. The number of carbonyl (C=O) groups is 1. The number of ketones is 1. The van der Waals surface area contributed by atoms with Gasteiger partial charge in [0.15, 0.2) is 5.78 Å². The molecule has 5 heteroatoms. The Bertz CT molecular complexity index is 826. The molecule has 0 aliphatic carbocycles. The van der Waals surface area contributed by atoms with Crippen LogP contribution in [0.1, 0.15) is 15.9 Å². The van der Waals surface area contributed by atoms with Crippen LogP contribution in [0.5, 0.6) is 0 Å². The molecule has 0 saturated carbocycles. The third-order valence-corrected chi connectivity index (χ3v) is 3.48. The number of nitrogens with one attached hydrogen (secondary N) is 1. The van der Waals surface area contributed by atoms with E-state index in [9.17, 15) is 9.18 Å². The van der Waals surface area contributed by atoms with E-state index >= 15 is 0 Å². The second kappa shape index (κ2) is 4.65. The summed E-state index contributed by atoms with van der Waals surface area (Å²) < 4.78 is 13.3. The van der Waals surface area contributed by atoms with Crippen molar-refractivity contribution in [2.24, 2.45) is 0 Å². The van der Waals surface area contributed by atoms with E-state index in [2.05, 4.69) is 4.98 Å². The number of carbonyl (C=O) groups excluding carboxylic acids is 1. The predicted molar refractivity (Wildman–Crippen MR) is 77.6 cm³/mol. The van der Waals surface area contributed by atoms with Gasteiger partial charge in [0.25, 0.3) is 0 Å². The predicted octanol–water partition coefficient (Wildman–Crippen LogP) is 3.77. The van der Waals surface area contributed by atoms with Gasteiger partial charge in [0.1, 0.15) is 5.82 Å². The maximum atomic E-state index is 13.3. The number of hydrogen-bond acceptors (Lipinski definition) is 2. The van der Waals surface area contributed by atoms with Gasteiger partial charge in [0, 0.05) is 28.4 Å². The first-order valence-electron chi connectivity index (χ1n) is 5.93. The Balaban J connectivity index is 2.18. The van der Waals surface area contributed by atoms with Gasteiger partial charge < -0.3 is 10.7 Å². The van der Waals surface area contributed by atoms with E-state index < -0.39 is 5.82 Å². The summed E-state index contributed by atoms with van der Waals surface area (Å²) in [7, 11) is 0. The molecule has 0 bridgehead atoms. The highest BCUT2D eigenvalue weighted by Gasteiger charge is 2.18. The summed E-state index contributed by atoms with van der Waals surface area (Å²) in [6.45, 7) is 0. The first-order chi connectivity index (χ1) is 9.58. The minimum absolute atomic E-state index is 0.144. The molecule has 3 nitrogen and oxygen atoms in total. The standard InChI is InChI=1S/C15H10ClFN2O/c16-12-3-1-2-9-11(7-19-14(9)12)15(20)10-6-8(17)4-5-13(10)18/h1-7,19H,18H2. The Labute approximate surface area is 119 Å². The molecule has 100 valence electrons. The summed E-state index contributed by atoms with van der Waals surface area (Å²) in [5.41, 5.74) is 7.22. The quantitative estimate of drug-likeness (QED) is 0.557. The van der Waals surface area contributed by atoms with Gasteiger partial charge in [-0.15, -0.1) is 0 Å². The van der Waals surface area contributed by atoms with E-state index in [1.54, 1.807) is 24.4 Å². The lowest BCUT2D eigenvalue weighted by Gasteiger charge is -2.04. The fourth-order valence-corrected chi connectivity index (χ4v) is 2.40. The molecule has 3 rings (SSSR count). The van der Waals surface area contributed by atoms with E-state index in [0.717, 1.165) is 6.07 Å². The van der Waals surface area contributed by atoms with Gasteiger partial charge >= 0.3 is 0 Å². The van der Waals surface area contributed by atoms with Crippen LogP contribution in [0.3, 0.4) is 0 Å². The highest BCUT2D eigenvalue weighted by atomic mass is 35.5. The molecule has 1 heterocycles. The highest BCUT2D eigenvalue weighted by Crippen LogP contribution is 2.28. The molecule has 3 aromatic rings. The van der Waals surface area contributed by atoms with Crippen molar-refractivity contribution in [1.29, 1.82) is 0 Å². The number of halogens is 2. The number of fused-ring (bicyclic) bond motifs is 1. The first kappa shape index (κ1) is 12.7. The zero-order valence-electron chi connectivity index (χ0n) is 10.3. The number of hydrogen-bond donors (Lipinski definition) is 2. The van der Waals surface area contributed by atoms with Gasteiger partial charge in [-0.25, -0.2) is 4.39 Å². The Kier molecular flexibility index (Phi) is 2.95. The van der Waals surface area contributed by atoms with Crippen LogP contribution in [0, 0.1) is 5.82 Å². The number of aromatic nitrogens is 1. The van der Waals surface area contributed by atoms with Crippen molar-refractivity contribution in [2.75, 3.05) is 5.73 Å². The molecule has 0 saturated heterocycles. The van der Waals surface area contributed by atoms with Gasteiger partial charge in [-0.05, 0) is 24.3 Å². The molecular formula is C15H10ClFN2O. The average molecular weight is 289 g/mol. The van der Waals surface area contributed by atoms with Crippen LogP contribution < -0.4 is 5.73 Å². The summed E-state index contributed by atoms with van der Waals surface area (Å²) >= 11 is 6.05. The molecule has 0 amide bonds. The third kappa shape index (κ3) is 1.94. The fraction of sp³-hybridized carbons (Fsp3) is 0. The lowest BCUT2D eigenvalue weighted by Crippen LogP contribution is -2.05. The zero-order chi connectivity index (χ0) is 14.3. The molecule has 0 fully saturated rings. The van der Waals surface area contributed by atoms with Gasteiger partial charge in [0.05, 0.1) is 10.5 Å². The number of nitrogen functional groups attached to an aromatic ring is 1. The van der Waals surface area contributed by atoms with E-state index in [0.29, 0.717) is 21.5 Å². The van der Waals surface area contributed by atoms with Crippen LogP contribution in [0.4, 0.5) is 10.1 Å². The van der Waals surface area contributed by atoms with Crippen molar-refractivity contribution in [3.05, 3.63) is 64.6 Å². The summed E-state index contributed by atoms with van der Waals surface area (Å²) in [6.07, 6.45) is 1.56. The van der Waals surface area contributed by atoms with Crippen molar-refractivity contribution in [3.8, 4) is 0 Å². The number of nitrogens with two attached hydrogens (primary N) is 1. The molecule has 0 aliphatic rings. The number of benzene rings is 2. The summed E-state index contributed by atoms with van der Waals surface area (Å²) in [4.78, 5) is 15.4. The maximum Gasteiger partial charge on any atom is 0.197 e. The Morgan fingerprint density at radius 3 is 2.80 bits per heavy atom. The van der Waals surface area contributed by atoms with Gasteiger partial charge in [0.2, 0.25) is 0 Å². The summed E-state index contributed by atoms with van der Waals surface area (Å²) in [5, 5.41) is 1.21. The zero-order valence-corrected chi connectivity index (χ0v) is 11.0. The van der Waals surface area contributed by atoms with Crippen molar-refractivity contribution in [3.63, 3.8) is 0 Å². The fourth-order valence-electron chi connectivity index (χ4n) is 2.18. The monoisotopic (exact) mass is 288 g/mol. The van der Waals surface area contributed by atoms with Gasteiger partial charge in [-0.1, -0.05) is 23.7 Å². The van der Waals surface area contributed by atoms with E-state index in [1.165, 1.54) is 12.1 Å². The van der Waals surface area contributed by atoms with Crippen molar-refractivity contribution in [1.82, 2.24) is 4.98 Å². The molecular weight excluding hydrogens is 279 g/mol. The molecule has 0 unspecified atom stereocenters. The number of rotatable bonds is 2. The van der Waals surface area contributed by atoms with Crippen LogP contribution in [0.25, 0.3) is 10.9 Å². The summed E-state index contributed by atoms with van der Waals surface area (Å²) in [5.74, 6) is -0.837. The van der Waals surface area contributed by atoms with Gasteiger partial charge in [-0.2, -0.15) is 0 Å². The third-order valence-electron chi connectivity index (χ3n) is 3.17. The van der Waals surface area contributed by atoms with Crippen molar-refractivity contribution in [2.45, 2.75) is 0 Å². The molecule has 0 radical (unpaired) electrons. The minimum Gasteiger partial charge on any atom is -0.398 e. The number of H-pyrrole nitrogens is 1. The van der Waals surface area contributed by atoms with Crippen molar-refractivity contribution < 1.29 is 9.18 Å². The minimum atomic E-state index is -0.500. The summed E-state index contributed by atoms with van der Waals surface area (Å²) in [6, 6.07) is 9.00. The van der Waals surface area contributed by atoms with Crippen LogP contribution in [0.15, 0.2) is 42.6 Å². The lowest BCUT2D eigenvalue weighted by atomic mass is 10.0. The molecule has 0 spiro atoms. The maximum absolute atomic E-state index is 13.3. The SMILES string of the molecule is Nc1ccc(F)cc1C(=O)c1c[nH]c2c(Cl)cccc12. The first-order valence-corrected chi connectivity index (χ1v) is 6.31. The second-order valence-corrected chi connectivity index (χ2v) is 4.83.